The molecule has 4 rings (SSSR count). The van der Waals surface area contributed by atoms with Crippen LogP contribution >= 0.6 is 0 Å². The van der Waals surface area contributed by atoms with Crippen molar-refractivity contribution < 1.29 is 0 Å². The highest BCUT2D eigenvalue weighted by Crippen LogP contribution is 2.27. The van der Waals surface area contributed by atoms with Gasteiger partial charge in [0.25, 0.3) is 0 Å². The maximum Gasteiger partial charge on any atom is 0.182 e. The summed E-state index contributed by atoms with van der Waals surface area (Å²) in [5.41, 5.74) is 3.91. The molecule has 1 saturated heterocycles. The number of hydrogen-bond donors (Lipinski definition) is 0. The van der Waals surface area contributed by atoms with E-state index in [0.29, 0.717) is 0 Å². The highest BCUT2D eigenvalue weighted by atomic mass is 15.2. The summed E-state index contributed by atoms with van der Waals surface area (Å²) in [4.78, 5) is 6.96. The van der Waals surface area contributed by atoms with Gasteiger partial charge in [-0.2, -0.15) is 0 Å². The first-order chi connectivity index (χ1) is 12.2. The average Bonchev–Trinajstić information content (AvgIpc) is 2.96. The van der Waals surface area contributed by atoms with Crippen LogP contribution in [0, 0.1) is 12.8 Å². The molecular formula is C20H23N5. The summed E-state index contributed by atoms with van der Waals surface area (Å²) in [6, 6.07) is 14.3. The van der Waals surface area contributed by atoms with Crippen molar-refractivity contribution in [2.75, 3.05) is 18.0 Å². The van der Waals surface area contributed by atoms with Crippen molar-refractivity contribution in [3.63, 3.8) is 0 Å². The number of rotatable bonds is 3. The molecule has 5 nitrogen and oxygen atoms in total. The molecule has 0 bridgehead atoms. The third-order valence-electron chi connectivity index (χ3n) is 4.93. The van der Waals surface area contributed by atoms with Crippen LogP contribution in [0.1, 0.15) is 25.5 Å². The second kappa shape index (κ2) is 6.67. The molecular weight excluding hydrogens is 310 g/mol. The standard InChI is InChI=1S/C20H23N5/c1-15-10-13-24(14-11-15)18-8-6-17(7-9-18)22-23-20-16(2)21-19-5-3-4-12-25(19)20/h3-9,12,15H,10-11,13-14H2,1-2H3. The Kier molecular flexibility index (Phi) is 4.22. The molecule has 0 N–H and O–H groups in total. The van der Waals surface area contributed by atoms with Crippen molar-refractivity contribution >= 4 is 22.8 Å². The number of imidazole rings is 1. The summed E-state index contributed by atoms with van der Waals surface area (Å²) in [6.07, 6.45) is 4.51. The summed E-state index contributed by atoms with van der Waals surface area (Å²) in [5.74, 6) is 1.63. The number of aryl methyl sites for hydroxylation is 1. The smallest absolute Gasteiger partial charge is 0.182 e. The Bertz CT molecular complexity index is 886. The number of azo groups is 1. The van der Waals surface area contributed by atoms with Crippen LogP contribution in [0.3, 0.4) is 0 Å². The van der Waals surface area contributed by atoms with Gasteiger partial charge in [0.05, 0.1) is 11.4 Å². The maximum atomic E-state index is 4.51. The molecule has 2 aromatic heterocycles. The molecule has 3 heterocycles. The van der Waals surface area contributed by atoms with Gasteiger partial charge in [-0.15, -0.1) is 10.2 Å². The van der Waals surface area contributed by atoms with Gasteiger partial charge in [-0.05, 0) is 62.1 Å². The zero-order valence-corrected chi connectivity index (χ0v) is 14.8. The van der Waals surface area contributed by atoms with Crippen LogP contribution in [-0.2, 0) is 0 Å². The van der Waals surface area contributed by atoms with Gasteiger partial charge in [-0.3, -0.25) is 4.40 Å². The topological polar surface area (TPSA) is 45.3 Å². The Morgan fingerprint density at radius 1 is 1.00 bits per heavy atom. The third-order valence-corrected chi connectivity index (χ3v) is 4.93. The quantitative estimate of drug-likeness (QED) is 0.611. The van der Waals surface area contributed by atoms with E-state index in [4.69, 9.17) is 0 Å². The maximum absolute atomic E-state index is 4.51. The summed E-state index contributed by atoms with van der Waals surface area (Å²) in [6.45, 7) is 6.58. The molecule has 25 heavy (non-hydrogen) atoms. The molecule has 1 aliphatic heterocycles. The van der Waals surface area contributed by atoms with E-state index < -0.39 is 0 Å². The molecule has 128 valence electrons. The van der Waals surface area contributed by atoms with Gasteiger partial charge in [0, 0.05) is 25.0 Å². The Morgan fingerprint density at radius 2 is 1.76 bits per heavy atom. The Hall–Kier alpha value is -2.69. The third kappa shape index (κ3) is 3.27. The van der Waals surface area contributed by atoms with Gasteiger partial charge in [-0.1, -0.05) is 13.0 Å². The van der Waals surface area contributed by atoms with Crippen LogP contribution in [0.15, 0.2) is 58.9 Å². The number of fused-ring (bicyclic) bond motifs is 1. The Morgan fingerprint density at radius 3 is 2.52 bits per heavy atom. The second-order valence-corrected chi connectivity index (χ2v) is 6.84. The van der Waals surface area contributed by atoms with Crippen molar-refractivity contribution in [3.8, 4) is 0 Å². The van der Waals surface area contributed by atoms with Crippen LogP contribution < -0.4 is 4.90 Å². The van der Waals surface area contributed by atoms with Gasteiger partial charge >= 0.3 is 0 Å². The molecule has 0 aliphatic carbocycles. The van der Waals surface area contributed by atoms with Crippen LogP contribution in [0.2, 0.25) is 0 Å². The lowest BCUT2D eigenvalue weighted by atomic mass is 9.99. The van der Waals surface area contributed by atoms with Gasteiger partial charge < -0.3 is 4.90 Å². The minimum atomic E-state index is 0.782. The highest BCUT2D eigenvalue weighted by Gasteiger charge is 2.15. The molecule has 1 fully saturated rings. The van der Waals surface area contributed by atoms with E-state index in [9.17, 15) is 0 Å². The van der Waals surface area contributed by atoms with E-state index >= 15 is 0 Å². The van der Waals surface area contributed by atoms with Crippen molar-refractivity contribution in [3.05, 3.63) is 54.4 Å². The molecule has 0 unspecified atom stereocenters. The zero-order chi connectivity index (χ0) is 17.2. The van der Waals surface area contributed by atoms with E-state index in [-0.39, 0.29) is 0 Å². The number of aromatic nitrogens is 2. The number of benzene rings is 1. The largest absolute Gasteiger partial charge is 0.372 e. The van der Waals surface area contributed by atoms with Crippen LogP contribution in [0.4, 0.5) is 17.2 Å². The number of nitrogens with zero attached hydrogens (tertiary/aromatic N) is 5. The molecule has 1 aliphatic rings. The van der Waals surface area contributed by atoms with Crippen molar-refractivity contribution in [1.29, 1.82) is 0 Å². The van der Waals surface area contributed by atoms with E-state index in [1.54, 1.807) is 0 Å². The van der Waals surface area contributed by atoms with Gasteiger partial charge in [0.15, 0.2) is 5.82 Å². The molecule has 0 spiro atoms. The molecule has 3 aromatic rings. The lowest BCUT2D eigenvalue weighted by Gasteiger charge is -2.32. The van der Waals surface area contributed by atoms with E-state index in [2.05, 4.69) is 39.2 Å². The molecule has 5 heteroatoms. The lowest BCUT2D eigenvalue weighted by Crippen LogP contribution is -2.32. The minimum Gasteiger partial charge on any atom is -0.372 e. The first kappa shape index (κ1) is 15.8. The van der Waals surface area contributed by atoms with Crippen LogP contribution in [-0.4, -0.2) is 22.5 Å². The highest BCUT2D eigenvalue weighted by molar-refractivity contribution is 5.54. The number of hydrogen-bond acceptors (Lipinski definition) is 4. The predicted octanol–water partition coefficient (Wildman–Crippen LogP) is 5.29. The van der Waals surface area contributed by atoms with Gasteiger partial charge in [-0.25, -0.2) is 4.98 Å². The Labute approximate surface area is 148 Å². The zero-order valence-electron chi connectivity index (χ0n) is 14.8. The summed E-state index contributed by atoms with van der Waals surface area (Å²) < 4.78 is 1.96. The SMILES string of the molecule is Cc1nc2ccccn2c1N=Nc1ccc(N2CCC(C)CC2)cc1. The second-order valence-electron chi connectivity index (χ2n) is 6.84. The van der Waals surface area contributed by atoms with E-state index in [1.807, 2.05) is 47.9 Å². The van der Waals surface area contributed by atoms with E-state index in [0.717, 1.165) is 41.9 Å². The average molecular weight is 333 g/mol. The van der Waals surface area contributed by atoms with Gasteiger partial charge in [0.2, 0.25) is 0 Å². The molecule has 1 aromatic carbocycles. The lowest BCUT2D eigenvalue weighted by molar-refractivity contribution is 0.438. The van der Waals surface area contributed by atoms with Crippen molar-refractivity contribution in [2.45, 2.75) is 26.7 Å². The first-order valence-corrected chi connectivity index (χ1v) is 8.91. The molecule has 0 saturated carbocycles. The summed E-state index contributed by atoms with van der Waals surface area (Å²) >= 11 is 0. The van der Waals surface area contributed by atoms with Crippen molar-refractivity contribution in [2.24, 2.45) is 16.1 Å². The van der Waals surface area contributed by atoms with Crippen molar-refractivity contribution in [1.82, 2.24) is 9.38 Å². The fourth-order valence-corrected chi connectivity index (χ4v) is 3.32. The van der Waals surface area contributed by atoms with Crippen LogP contribution in [0.25, 0.3) is 5.65 Å². The fraction of sp³-hybridized carbons (Fsp3) is 0.350. The normalized spacial score (nSPS) is 16.2. The van der Waals surface area contributed by atoms with Crippen LogP contribution in [0.5, 0.6) is 0 Å². The molecule has 0 radical (unpaired) electrons. The monoisotopic (exact) mass is 333 g/mol. The fourth-order valence-electron chi connectivity index (χ4n) is 3.32. The minimum absolute atomic E-state index is 0.782. The van der Waals surface area contributed by atoms with Gasteiger partial charge in [0.1, 0.15) is 5.65 Å². The number of piperidine rings is 1. The number of anilines is 1. The summed E-state index contributed by atoms with van der Waals surface area (Å²) in [5, 5.41) is 8.83. The molecule has 0 atom stereocenters. The molecule has 0 amide bonds. The number of pyridine rings is 1. The first-order valence-electron chi connectivity index (χ1n) is 8.91. The van der Waals surface area contributed by atoms with E-state index in [1.165, 1.54) is 18.5 Å². The predicted molar refractivity (Wildman–Crippen MR) is 101 cm³/mol. The summed E-state index contributed by atoms with van der Waals surface area (Å²) in [7, 11) is 0. The Balaban J connectivity index is 1.52.